The zero-order valence-corrected chi connectivity index (χ0v) is 32.3. The number of carbonyl (C=O) groups is 1. The predicted octanol–water partition coefficient (Wildman–Crippen LogP) is 10.2. The second-order valence-electron chi connectivity index (χ2n) is 15.8. The number of nitrogens with one attached hydrogen (secondary N) is 1. The van der Waals surface area contributed by atoms with E-state index in [1.807, 2.05) is 17.9 Å². The van der Waals surface area contributed by atoms with Crippen LogP contribution >= 0.6 is 23.2 Å². The number of hydrogen-bond donors (Lipinski definition) is 1. The second-order valence-corrected chi connectivity index (χ2v) is 16.6. The van der Waals surface area contributed by atoms with E-state index in [0.717, 1.165) is 48.5 Å². The van der Waals surface area contributed by atoms with Crippen molar-refractivity contribution in [2.45, 2.75) is 89.4 Å². The first kappa shape index (κ1) is 37.4. The van der Waals surface area contributed by atoms with Crippen LogP contribution in [0.15, 0.2) is 48.5 Å². The number of hydrogen-bond acceptors (Lipinski definition) is 5. The molecule has 0 spiro atoms. The number of rotatable bonds is 9. The lowest BCUT2D eigenvalue weighted by Gasteiger charge is -2.39. The molecule has 7 nitrogen and oxygen atoms in total. The number of ether oxygens (including phenoxy) is 1. The first-order chi connectivity index (χ1) is 26.8. The highest BCUT2D eigenvalue weighted by Crippen LogP contribution is 2.51. The highest BCUT2D eigenvalue weighted by atomic mass is 35.5. The van der Waals surface area contributed by atoms with Gasteiger partial charge in [0.1, 0.15) is 5.52 Å². The molecule has 10 rings (SSSR count). The molecule has 5 fully saturated rings. The maximum atomic E-state index is 17.2. The van der Waals surface area contributed by atoms with E-state index in [1.54, 1.807) is 31.2 Å². The van der Waals surface area contributed by atoms with Crippen LogP contribution < -0.4 is 5.32 Å². The van der Waals surface area contributed by atoms with E-state index in [2.05, 4.69) is 22.0 Å². The van der Waals surface area contributed by atoms with Gasteiger partial charge in [-0.15, -0.1) is 0 Å². The molecule has 5 unspecified atom stereocenters. The summed E-state index contributed by atoms with van der Waals surface area (Å²) < 4.78 is 67.9. The number of likely N-dealkylation sites (tertiary alicyclic amines) is 1. The van der Waals surface area contributed by atoms with Crippen molar-refractivity contribution in [3.05, 3.63) is 98.0 Å². The summed E-state index contributed by atoms with van der Waals surface area (Å²) in [7, 11) is 0. The van der Waals surface area contributed by atoms with Gasteiger partial charge >= 0.3 is 6.18 Å². The number of carbonyl (C=O) groups excluding carboxylic acids is 1. The second kappa shape index (κ2) is 14.0. The Morgan fingerprint density at radius 3 is 2.57 bits per heavy atom. The van der Waals surface area contributed by atoms with Crippen LogP contribution in [0.5, 0.6) is 0 Å². The lowest BCUT2D eigenvalue weighted by Crippen LogP contribution is -2.41. The van der Waals surface area contributed by atoms with E-state index in [9.17, 15) is 23.2 Å². The van der Waals surface area contributed by atoms with Crippen LogP contribution in [0.25, 0.3) is 32.9 Å². The van der Waals surface area contributed by atoms with Crippen molar-refractivity contribution in [3.63, 3.8) is 0 Å². The van der Waals surface area contributed by atoms with Crippen LogP contribution in [0.2, 0.25) is 10.0 Å². The minimum atomic E-state index is -4.53. The number of aromatic nitrogens is 2. The molecule has 290 valence electrons. The van der Waals surface area contributed by atoms with Crippen molar-refractivity contribution in [1.29, 1.82) is 5.26 Å². The Morgan fingerprint density at radius 2 is 1.88 bits per heavy atom. The molecule has 2 aromatic heterocycles. The van der Waals surface area contributed by atoms with Crippen LogP contribution in [0.3, 0.4) is 0 Å². The number of fused-ring (bicyclic) bond motifs is 4. The average Bonchev–Trinajstić information content (AvgIpc) is 3.44. The largest absolute Gasteiger partial charge is 0.416 e. The summed E-state index contributed by atoms with van der Waals surface area (Å²) in [6.07, 6.45) is -1.66. The Morgan fingerprint density at radius 1 is 1.09 bits per heavy atom. The Kier molecular flexibility index (Phi) is 9.35. The lowest BCUT2D eigenvalue weighted by atomic mass is 9.79. The molecule has 1 N–H and O–H groups in total. The Balaban J connectivity index is 1.20. The summed E-state index contributed by atoms with van der Waals surface area (Å²) in [6, 6.07) is 15.2. The van der Waals surface area contributed by atoms with Gasteiger partial charge in [0, 0.05) is 71.2 Å². The molecule has 5 atom stereocenters. The van der Waals surface area contributed by atoms with Crippen molar-refractivity contribution >= 4 is 50.9 Å². The molecule has 56 heavy (non-hydrogen) atoms. The third-order valence-corrected chi connectivity index (χ3v) is 13.2. The predicted molar refractivity (Wildman–Crippen MR) is 207 cm³/mol. The number of amides is 1. The van der Waals surface area contributed by atoms with Crippen LogP contribution in [0.4, 0.5) is 17.6 Å². The third-order valence-electron chi connectivity index (χ3n) is 12.4. The van der Waals surface area contributed by atoms with Crippen molar-refractivity contribution in [2.24, 2.45) is 11.8 Å². The van der Waals surface area contributed by atoms with Crippen LogP contribution in [0, 0.1) is 42.8 Å². The van der Waals surface area contributed by atoms with Crippen molar-refractivity contribution in [2.75, 3.05) is 13.1 Å². The maximum Gasteiger partial charge on any atom is 0.416 e. The summed E-state index contributed by atoms with van der Waals surface area (Å²) in [6.45, 7) is 4.34. The summed E-state index contributed by atoms with van der Waals surface area (Å²) in [4.78, 5) is 20.8. The van der Waals surface area contributed by atoms with E-state index in [1.165, 1.54) is 6.07 Å². The van der Waals surface area contributed by atoms with Crippen molar-refractivity contribution in [3.8, 4) is 17.2 Å². The van der Waals surface area contributed by atoms with Gasteiger partial charge in [0.05, 0.1) is 52.0 Å². The fourth-order valence-corrected chi connectivity index (χ4v) is 9.86. The fraction of sp³-hybridized carbons (Fsp3) is 0.419. The van der Waals surface area contributed by atoms with Gasteiger partial charge in [0.15, 0.2) is 5.82 Å². The molecule has 5 heterocycles. The maximum absolute atomic E-state index is 17.2. The highest BCUT2D eigenvalue weighted by Gasteiger charge is 2.51. The summed E-state index contributed by atoms with van der Waals surface area (Å²) in [5, 5.41) is 15.2. The van der Waals surface area contributed by atoms with E-state index in [-0.39, 0.29) is 76.6 Å². The standard InChI is InChI=1S/C43H39Cl2F4N5O2/c1-21-6-3-9-31(43(47,48)49)30(21)20-56-26-16-34(53(19-26)42(55)23-11-12-23)35-17-28-22(2)52-39-29(41(28)54(35)40-25-15-33(40)51-18-25)14-24(7-5-13-50)36(38(39)46)27-8-4-10-32(44)37(27)45/h3-4,6,8-10,14,17,23,25-26,33-34,40,51H,5,7,11-12,15-16,18-20H2,1-2H3. The van der Waals surface area contributed by atoms with E-state index in [4.69, 9.17) is 32.9 Å². The summed E-state index contributed by atoms with van der Waals surface area (Å²) in [5.41, 5.74) is 3.62. The molecule has 2 bridgehead atoms. The van der Waals surface area contributed by atoms with E-state index in [0.29, 0.717) is 40.1 Å². The van der Waals surface area contributed by atoms with Gasteiger partial charge in [0.25, 0.3) is 0 Å². The number of benzene rings is 3. The molecule has 3 aromatic carbocycles. The van der Waals surface area contributed by atoms with Gasteiger partial charge in [-0.2, -0.15) is 18.4 Å². The van der Waals surface area contributed by atoms with Gasteiger partial charge in [-0.1, -0.05) is 47.5 Å². The molecule has 3 saturated heterocycles. The molecule has 0 radical (unpaired) electrons. The minimum absolute atomic E-state index is 0.0204. The molecule has 5 aromatic rings. The molecule has 1 amide bonds. The third kappa shape index (κ3) is 6.15. The van der Waals surface area contributed by atoms with Gasteiger partial charge < -0.3 is 19.5 Å². The number of nitrogens with zero attached hydrogens (tertiary/aromatic N) is 4. The number of alkyl halides is 3. The van der Waals surface area contributed by atoms with Crippen LogP contribution in [-0.4, -0.2) is 45.6 Å². The quantitative estimate of drug-likeness (QED) is 0.150. The molecule has 2 saturated carbocycles. The molecule has 5 aliphatic rings. The van der Waals surface area contributed by atoms with E-state index >= 15 is 4.39 Å². The van der Waals surface area contributed by atoms with Crippen LogP contribution in [-0.2, 0) is 28.7 Å². The number of pyridine rings is 1. The monoisotopic (exact) mass is 803 g/mol. The molecular weight excluding hydrogens is 765 g/mol. The Bertz CT molecular complexity index is 2460. The van der Waals surface area contributed by atoms with Gasteiger partial charge in [-0.05, 0) is 86.4 Å². The van der Waals surface area contributed by atoms with Crippen LogP contribution in [0.1, 0.15) is 77.8 Å². The molecule has 3 aliphatic heterocycles. The Labute approximate surface area is 331 Å². The van der Waals surface area contributed by atoms with Crippen molar-refractivity contribution < 1.29 is 27.1 Å². The van der Waals surface area contributed by atoms with Gasteiger partial charge in [-0.3, -0.25) is 4.79 Å². The Hall–Kier alpha value is -4.21. The first-order valence-electron chi connectivity index (χ1n) is 19.1. The molecule has 2 aliphatic carbocycles. The van der Waals surface area contributed by atoms with Crippen molar-refractivity contribution in [1.82, 2.24) is 19.8 Å². The normalized spacial score (nSPS) is 23.3. The molecule has 13 heteroatoms. The lowest BCUT2D eigenvalue weighted by molar-refractivity contribution is -0.139. The first-order valence-corrected chi connectivity index (χ1v) is 19.9. The summed E-state index contributed by atoms with van der Waals surface area (Å²) in [5.74, 6) is -0.315. The minimum Gasteiger partial charge on any atom is -0.372 e. The smallest absolute Gasteiger partial charge is 0.372 e. The SMILES string of the molecule is Cc1cccc(C(F)(F)F)c1COC1CC(c2cc3c(C)nc4c(F)c(-c5cccc(Cl)c5Cl)c(CCC#N)cc4c3n2C2C3CNC2C3)N(C(=O)C2CC2)C1. The highest BCUT2D eigenvalue weighted by molar-refractivity contribution is 6.43. The zero-order valence-electron chi connectivity index (χ0n) is 30.8. The average molecular weight is 805 g/mol. The zero-order chi connectivity index (χ0) is 39.2. The van der Waals surface area contributed by atoms with Gasteiger partial charge in [-0.25, -0.2) is 9.37 Å². The number of nitriles is 1. The topological polar surface area (TPSA) is 83.2 Å². The fourth-order valence-electron chi connectivity index (χ4n) is 9.47. The number of halogens is 6. The summed E-state index contributed by atoms with van der Waals surface area (Å²) >= 11 is 13.1. The molecular formula is C43H39Cl2F4N5O2. The van der Waals surface area contributed by atoms with E-state index < -0.39 is 29.7 Å². The number of aryl methyl sites for hydroxylation is 3. The van der Waals surface area contributed by atoms with Gasteiger partial charge in [0.2, 0.25) is 5.91 Å².